The summed E-state index contributed by atoms with van der Waals surface area (Å²) < 4.78 is 33.2. The highest BCUT2D eigenvalue weighted by molar-refractivity contribution is 7.88. The Morgan fingerprint density at radius 1 is 1.24 bits per heavy atom. The zero-order chi connectivity index (χ0) is 24.0. The lowest BCUT2D eigenvalue weighted by Gasteiger charge is -2.38. The molecule has 0 bridgehead atoms. The van der Waals surface area contributed by atoms with Gasteiger partial charge in [0.05, 0.1) is 18.2 Å². The maximum atomic E-state index is 12.9. The van der Waals surface area contributed by atoms with Gasteiger partial charge in [-0.2, -0.15) is 4.31 Å². The summed E-state index contributed by atoms with van der Waals surface area (Å²) in [6, 6.07) is 5.75. The third kappa shape index (κ3) is 4.62. The molecule has 0 spiro atoms. The van der Waals surface area contributed by atoms with Gasteiger partial charge in [0.2, 0.25) is 10.0 Å². The van der Waals surface area contributed by atoms with Gasteiger partial charge in [-0.15, -0.1) is 0 Å². The second-order valence-corrected chi connectivity index (χ2v) is 11.6. The molecule has 0 radical (unpaired) electrons. The number of sulfonamides is 1. The van der Waals surface area contributed by atoms with Gasteiger partial charge in [-0.05, 0) is 43.9 Å². The normalized spacial score (nSPS) is 20.1. The molecule has 34 heavy (non-hydrogen) atoms. The molecule has 1 saturated heterocycles. The van der Waals surface area contributed by atoms with Gasteiger partial charge in [-0.25, -0.2) is 13.4 Å². The predicted molar refractivity (Wildman–Crippen MR) is 132 cm³/mol. The Kier molecular flexibility index (Phi) is 5.99. The van der Waals surface area contributed by atoms with Crippen LogP contribution in [0.1, 0.15) is 25.5 Å². The van der Waals surface area contributed by atoms with Crippen molar-refractivity contribution in [2.75, 3.05) is 37.8 Å². The molecule has 2 aliphatic rings. The molecule has 2 fully saturated rings. The molecular weight excluding hydrogens is 454 g/mol. The second kappa shape index (κ2) is 8.83. The third-order valence-corrected chi connectivity index (χ3v) is 8.08. The van der Waals surface area contributed by atoms with Crippen molar-refractivity contribution in [3.8, 4) is 11.1 Å². The van der Waals surface area contributed by atoms with E-state index in [4.69, 9.17) is 4.42 Å². The van der Waals surface area contributed by atoms with Gasteiger partial charge in [0.25, 0.3) is 5.56 Å². The number of rotatable bonds is 7. The van der Waals surface area contributed by atoms with Crippen molar-refractivity contribution in [3.05, 3.63) is 46.7 Å². The molecule has 0 amide bonds. The molecule has 0 unspecified atom stereocenters. The van der Waals surface area contributed by atoms with Gasteiger partial charge in [0, 0.05) is 62.8 Å². The number of anilines is 1. The fraction of sp³-hybridized carbons (Fsp3) is 0.500. The maximum absolute atomic E-state index is 12.9. The number of piperazine rings is 1. The molecule has 1 aliphatic carbocycles. The van der Waals surface area contributed by atoms with Crippen molar-refractivity contribution in [3.63, 3.8) is 0 Å². The summed E-state index contributed by atoms with van der Waals surface area (Å²) in [4.78, 5) is 19.7. The number of hydrogen-bond donors (Lipinski definition) is 1. The lowest BCUT2D eigenvalue weighted by atomic mass is 10.1. The number of pyridine rings is 2. The van der Waals surface area contributed by atoms with Crippen molar-refractivity contribution in [2.24, 2.45) is 13.0 Å². The molecule has 5 rings (SSSR count). The highest BCUT2D eigenvalue weighted by atomic mass is 32.2. The van der Waals surface area contributed by atoms with Crippen LogP contribution in [0.4, 0.5) is 5.82 Å². The highest BCUT2D eigenvalue weighted by Gasteiger charge is 2.29. The summed E-state index contributed by atoms with van der Waals surface area (Å²) in [6.07, 6.45) is 7.32. The smallest absolute Gasteiger partial charge is 0.261 e. The minimum atomic E-state index is -3.21. The van der Waals surface area contributed by atoms with E-state index < -0.39 is 10.0 Å². The Labute approximate surface area is 199 Å². The third-order valence-electron chi connectivity index (χ3n) is 6.81. The van der Waals surface area contributed by atoms with Crippen molar-refractivity contribution >= 4 is 26.8 Å². The van der Waals surface area contributed by atoms with Gasteiger partial charge >= 0.3 is 0 Å². The molecule has 1 saturated carbocycles. The zero-order valence-electron chi connectivity index (χ0n) is 19.8. The summed E-state index contributed by atoms with van der Waals surface area (Å²) in [7, 11) is -1.46. The van der Waals surface area contributed by atoms with Crippen LogP contribution in [0.5, 0.6) is 0 Å². The monoisotopic (exact) mass is 485 g/mol. The summed E-state index contributed by atoms with van der Waals surface area (Å²) in [5.41, 5.74) is 2.17. The second-order valence-electron chi connectivity index (χ2n) is 9.58. The summed E-state index contributed by atoms with van der Waals surface area (Å²) in [5, 5.41) is 4.00. The fourth-order valence-electron chi connectivity index (χ4n) is 4.60. The van der Waals surface area contributed by atoms with Gasteiger partial charge in [-0.1, -0.05) is 0 Å². The van der Waals surface area contributed by atoms with Crippen LogP contribution in [0.2, 0.25) is 0 Å². The first-order valence-electron chi connectivity index (χ1n) is 11.7. The van der Waals surface area contributed by atoms with Gasteiger partial charge < -0.3 is 14.3 Å². The Morgan fingerprint density at radius 3 is 2.74 bits per heavy atom. The van der Waals surface area contributed by atoms with Gasteiger partial charge in [-0.3, -0.25) is 9.69 Å². The highest BCUT2D eigenvalue weighted by Crippen LogP contribution is 2.35. The van der Waals surface area contributed by atoms with Crippen molar-refractivity contribution < 1.29 is 12.8 Å². The van der Waals surface area contributed by atoms with E-state index in [2.05, 4.69) is 15.2 Å². The summed E-state index contributed by atoms with van der Waals surface area (Å²) in [5.74, 6) is 2.18. The average Bonchev–Trinajstić information content (AvgIpc) is 3.53. The molecule has 1 N–H and O–H groups in total. The first-order valence-corrected chi connectivity index (χ1v) is 13.6. The molecule has 182 valence electrons. The molecule has 4 heterocycles. The number of fused-ring (bicyclic) bond motifs is 1. The van der Waals surface area contributed by atoms with E-state index in [1.165, 1.54) is 23.4 Å². The molecule has 1 atom stereocenters. The molecule has 9 nitrogen and oxygen atoms in total. The van der Waals surface area contributed by atoms with Crippen LogP contribution in [0.25, 0.3) is 22.1 Å². The first kappa shape index (κ1) is 23.1. The van der Waals surface area contributed by atoms with Crippen LogP contribution in [0.3, 0.4) is 0 Å². The lowest BCUT2D eigenvalue weighted by molar-refractivity contribution is 0.115. The van der Waals surface area contributed by atoms with Crippen LogP contribution in [-0.4, -0.2) is 65.7 Å². The summed E-state index contributed by atoms with van der Waals surface area (Å²) >= 11 is 0. The quantitative estimate of drug-likeness (QED) is 0.549. The minimum Gasteiger partial charge on any atom is -0.459 e. The average molecular weight is 486 g/mol. The number of nitrogens with zero attached hydrogens (tertiary/aromatic N) is 4. The SMILES string of the molecule is C[C@@H]1CN(S(C)(=O)=O)CCN1Cc1cc2c(=O)n(C)cc(-c3cccnc3NCC3CC3)c2o1. The fourth-order valence-corrected chi connectivity index (χ4v) is 5.50. The summed E-state index contributed by atoms with van der Waals surface area (Å²) in [6.45, 7) is 4.90. The zero-order valence-corrected chi connectivity index (χ0v) is 20.6. The van der Waals surface area contributed by atoms with E-state index in [0.717, 1.165) is 23.5 Å². The van der Waals surface area contributed by atoms with E-state index >= 15 is 0 Å². The number of hydrogen-bond acceptors (Lipinski definition) is 7. The Bertz CT molecular complexity index is 1380. The Balaban J connectivity index is 1.47. The van der Waals surface area contributed by atoms with E-state index in [0.29, 0.717) is 48.8 Å². The standard InChI is InChI=1S/C24H31N5O4S/c1-16-13-29(34(3,31)32)10-9-28(16)14-18-11-20-22(33-18)21(15-27(2)24(20)30)19-5-4-8-25-23(19)26-12-17-6-7-17/h4-5,8,11,15-17H,6-7,9-10,12-14H2,1-3H3,(H,25,26)/t16-/m1/s1. The maximum Gasteiger partial charge on any atom is 0.261 e. The largest absolute Gasteiger partial charge is 0.459 e. The molecule has 3 aromatic heterocycles. The Hall–Kier alpha value is -2.69. The Morgan fingerprint density at radius 2 is 2.03 bits per heavy atom. The number of aromatic nitrogens is 2. The number of furan rings is 1. The van der Waals surface area contributed by atoms with Crippen molar-refractivity contribution in [1.29, 1.82) is 0 Å². The van der Waals surface area contributed by atoms with Crippen molar-refractivity contribution in [1.82, 2.24) is 18.8 Å². The number of nitrogens with one attached hydrogen (secondary N) is 1. The topological polar surface area (TPSA) is 101 Å². The molecule has 10 heteroatoms. The van der Waals surface area contributed by atoms with Crippen LogP contribution in [0.15, 0.2) is 39.8 Å². The minimum absolute atomic E-state index is 0.0375. The van der Waals surface area contributed by atoms with Crippen LogP contribution < -0.4 is 10.9 Å². The van der Waals surface area contributed by atoms with Crippen LogP contribution in [0, 0.1) is 5.92 Å². The lowest BCUT2D eigenvalue weighted by Crippen LogP contribution is -2.52. The first-order chi connectivity index (χ1) is 16.2. The van der Waals surface area contributed by atoms with E-state index in [-0.39, 0.29) is 11.6 Å². The van der Waals surface area contributed by atoms with Crippen LogP contribution >= 0.6 is 0 Å². The predicted octanol–water partition coefficient (Wildman–Crippen LogP) is 2.48. The van der Waals surface area contributed by atoms with E-state index in [1.54, 1.807) is 17.8 Å². The van der Waals surface area contributed by atoms with E-state index in [1.807, 2.05) is 31.3 Å². The van der Waals surface area contributed by atoms with Gasteiger partial charge in [0.15, 0.2) is 0 Å². The molecular formula is C24H31N5O4S. The number of aryl methyl sites for hydroxylation is 1. The van der Waals surface area contributed by atoms with E-state index in [9.17, 15) is 13.2 Å². The van der Waals surface area contributed by atoms with Gasteiger partial charge in [0.1, 0.15) is 17.2 Å². The molecule has 3 aromatic rings. The molecule has 0 aromatic carbocycles. The molecule has 1 aliphatic heterocycles. The van der Waals surface area contributed by atoms with Crippen LogP contribution in [-0.2, 0) is 23.6 Å². The van der Waals surface area contributed by atoms with Crippen molar-refractivity contribution in [2.45, 2.75) is 32.4 Å².